The van der Waals surface area contributed by atoms with Crippen LogP contribution in [0.1, 0.15) is 41.0 Å². The second-order valence-electron chi connectivity index (χ2n) is 4.80. The Labute approximate surface area is 86.8 Å². The fraction of sp³-hybridized carbons (Fsp3) is 0.909. The lowest BCUT2D eigenvalue weighted by molar-refractivity contribution is -0.162. The maximum absolute atomic E-state index is 11.2. The molecule has 0 fully saturated rings. The summed E-state index contributed by atoms with van der Waals surface area (Å²) in [4.78, 5) is 11.2. The van der Waals surface area contributed by atoms with E-state index in [9.17, 15) is 4.79 Å². The number of hydrogen-bond donors (Lipinski definition) is 0. The molecule has 3 nitrogen and oxygen atoms in total. The Bertz CT molecular complexity index is 170. The van der Waals surface area contributed by atoms with E-state index in [0.717, 1.165) is 6.42 Å². The molecule has 14 heavy (non-hydrogen) atoms. The van der Waals surface area contributed by atoms with Crippen LogP contribution in [0.4, 0.5) is 0 Å². The van der Waals surface area contributed by atoms with E-state index in [1.165, 1.54) is 0 Å². The van der Waals surface area contributed by atoms with Gasteiger partial charge in [-0.25, -0.2) is 0 Å². The zero-order valence-electron chi connectivity index (χ0n) is 9.92. The quantitative estimate of drug-likeness (QED) is 0.390. The first-order chi connectivity index (χ1) is 6.37. The second kappa shape index (κ2) is 6.02. The molecule has 3 heteroatoms. The molecule has 0 heterocycles. The van der Waals surface area contributed by atoms with Crippen molar-refractivity contribution in [2.75, 3.05) is 13.4 Å². The van der Waals surface area contributed by atoms with Crippen LogP contribution in [-0.4, -0.2) is 19.4 Å². The van der Waals surface area contributed by atoms with E-state index >= 15 is 0 Å². The third kappa shape index (κ3) is 6.89. The van der Waals surface area contributed by atoms with Gasteiger partial charge in [-0.05, 0) is 11.8 Å². The van der Waals surface area contributed by atoms with Gasteiger partial charge in [-0.15, -0.1) is 0 Å². The van der Waals surface area contributed by atoms with Crippen molar-refractivity contribution in [1.82, 2.24) is 0 Å². The van der Waals surface area contributed by atoms with E-state index in [1.807, 2.05) is 13.8 Å². The van der Waals surface area contributed by atoms with Crippen LogP contribution in [-0.2, 0) is 14.3 Å². The maximum atomic E-state index is 11.2. The van der Waals surface area contributed by atoms with Gasteiger partial charge in [-0.3, -0.25) is 4.79 Å². The Hall–Kier alpha value is -0.570. The predicted molar refractivity (Wildman–Crippen MR) is 55.8 cm³/mol. The van der Waals surface area contributed by atoms with Crippen LogP contribution in [0.5, 0.6) is 0 Å². The fourth-order valence-corrected chi connectivity index (χ4v) is 0.757. The molecule has 0 bridgehead atoms. The Morgan fingerprint density at radius 3 is 2.36 bits per heavy atom. The molecule has 0 saturated heterocycles. The number of rotatable bonds is 5. The third-order valence-electron chi connectivity index (χ3n) is 1.83. The molecule has 1 unspecified atom stereocenters. The van der Waals surface area contributed by atoms with E-state index in [-0.39, 0.29) is 24.1 Å². The number of hydrogen-bond acceptors (Lipinski definition) is 3. The van der Waals surface area contributed by atoms with Crippen molar-refractivity contribution in [1.29, 1.82) is 0 Å². The van der Waals surface area contributed by atoms with Crippen LogP contribution in [0.25, 0.3) is 0 Å². The summed E-state index contributed by atoms with van der Waals surface area (Å²) in [7, 11) is 0. The summed E-state index contributed by atoms with van der Waals surface area (Å²) in [5.41, 5.74) is 0.114. The van der Waals surface area contributed by atoms with E-state index in [0.29, 0.717) is 6.61 Å². The van der Waals surface area contributed by atoms with Gasteiger partial charge in [-0.2, -0.15) is 0 Å². The molecular weight excluding hydrogens is 180 g/mol. The van der Waals surface area contributed by atoms with Crippen LogP contribution in [0.3, 0.4) is 0 Å². The smallest absolute Gasteiger partial charge is 0.310 e. The number of esters is 1. The first kappa shape index (κ1) is 13.4. The molecule has 0 aromatic carbocycles. The van der Waals surface area contributed by atoms with Crippen molar-refractivity contribution in [3.63, 3.8) is 0 Å². The molecule has 0 aliphatic heterocycles. The van der Waals surface area contributed by atoms with Gasteiger partial charge < -0.3 is 9.47 Å². The van der Waals surface area contributed by atoms with Crippen LogP contribution in [0.15, 0.2) is 0 Å². The van der Waals surface area contributed by atoms with Gasteiger partial charge in [0.1, 0.15) is 0 Å². The summed E-state index contributed by atoms with van der Waals surface area (Å²) in [6.07, 6.45) is 0.804. The number of ether oxygens (including phenoxy) is 2. The molecule has 0 saturated carbocycles. The SMILES string of the molecule is CCC(C)C(=O)OCOCC(C)(C)C. The first-order valence-corrected chi connectivity index (χ1v) is 5.11. The molecule has 0 radical (unpaired) electrons. The summed E-state index contributed by atoms with van der Waals surface area (Å²) < 4.78 is 10.1. The molecule has 0 aliphatic rings. The lowest BCUT2D eigenvalue weighted by atomic mass is 9.99. The average Bonchev–Trinajstić information content (AvgIpc) is 2.09. The summed E-state index contributed by atoms with van der Waals surface area (Å²) >= 11 is 0. The zero-order valence-corrected chi connectivity index (χ0v) is 9.92. The minimum absolute atomic E-state index is 0.0340. The highest BCUT2D eigenvalue weighted by atomic mass is 16.7. The summed E-state index contributed by atoms with van der Waals surface area (Å²) in [6, 6.07) is 0. The molecule has 0 spiro atoms. The van der Waals surface area contributed by atoms with Gasteiger partial charge in [0.15, 0.2) is 6.79 Å². The maximum Gasteiger partial charge on any atom is 0.310 e. The van der Waals surface area contributed by atoms with Crippen molar-refractivity contribution < 1.29 is 14.3 Å². The largest absolute Gasteiger partial charge is 0.438 e. The lowest BCUT2D eigenvalue weighted by Gasteiger charge is -2.18. The van der Waals surface area contributed by atoms with Crippen molar-refractivity contribution in [3.05, 3.63) is 0 Å². The zero-order chi connectivity index (χ0) is 11.2. The molecular formula is C11H22O3. The monoisotopic (exact) mass is 202 g/mol. The molecule has 0 amide bonds. The molecule has 0 N–H and O–H groups in total. The molecule has 0 aromatic heterocycles. The van der Waals surface area contributed by atoms with Crippen LogP contribution in [0.2, 0.25) is 0 Å². The van der Waals surface area contributed by atoms with Crippen LogP contribution < -0.4 is 0 Å². The van der Waals surface area contributed by atoms with E-state index in [2.05, 4.69) is 20.8 Å². The average molecular weight is 202 g/mol. The van der Waals surface area contributed by atoms with Gasteiger partial charge in [0.2, 0.25) is 0 Å². The summed E-state index contributed by atoms with van der Waals surface area (Å²) in [5.74, 6) is -0.213. The van der Waals surface area contributed by atoms with Crippen LogP contribution in [0, 0.1) is 11.3 Å². The van der Waals surface area contributed by atoms with E-state index < -0.39 is 0 Å². The van der Waals surface area contributed by atoms with Gasteiger partial charge >= 0.3 is 5.97 Å². The van der Waals surface area contributed by atoms with Crippen molar-refractivity contribution >= 4 is 5.97 Å². The summed E-state index contributed by atoms with van der Waals surface area (Å²) in [5, 5.41) is 0. The van der Waals surface area contributed by atoms with Crippen molar-refractivity contribution in [2.45, 2.75) is 41.0 Å². The number of carbonyl (C=O) groups excluding carboxylic acids is 1. The molecule has 0 rings (SSSR count). The second-order valence-corrected chi connectivity index (χ2v) is 4.80. The first-order valence-electron chi connectivity index (χ1n) is 5.11. The predicted octanol–water partition coefficient (Wildman–Crippen LogP) is 2.60. The van der Waals surface area contributed by atoms with Gasteiger partial charge in [0.05, 0.1) is 12.5 Å². The molecule has 0 aliphatic carbocycles. The molecule has 1 atom stereocenters. The van der Waals surface area contributed by atoms with E-state index in [1.54, 1.807) is 0 Å². The lowest BCUT2D eigenvalue weighted by Crippen LogP contribution is -2.20. The fourth-order valence-electron chi connectivity index (χ4n) is 0.757. The van der Waals surface area contributed by atoms with Gasteiger partial charge in [0.25, 0.3) is 0 Å². The highest BCUT2D eigenvalue weighted by Gasteiger charge is 2.13. The highest BCUT2D eigenvalue weighted by molar-refractivity contribution is 5.71. The Morgan fingerprint density at radius 2 is 1.93 bits per heavy atom. The van der Waals surface area contributed by atoms with Crippen molar-refractivity contribution in [2.24, 2.45) is 11.3 Å². The Morgan fingerprint density at radius 1 is 1.36 bits per heavy atom. The third-order valence-corrected chi connectivity index (χ3v) is 1.83. The molecule has 84 valence electrons. The standard InChI is InChI=1S/C11H22O3/c1-6-9(2)10(12)14-8-13-7-11(3,4)5/h9H,6-8H2,1-5H3. The van der Waals surface area contributed by atoms with Crippen LogP contribution >= 0.6 is 0 Å². The number of carbonyl (C=O) groups is 1. The Balaban J connectivity index is 3.51. The van der Waals surface area contributed by atoms with Gasteiger partial charge in [0, 0.05) is 0 Å². The topological polar surface area (TPSA) is 35.5 Å². The van der Waals surface area contributed by atoms with Gasteiger partial charge in [-0.1, -0.05) is 34.6 Å². The highest BCUT2D eigenvalue weighted by Crippen LogP contribution is 2.12. The Kier molecular flexibility index (Phi) is 5.77. The minimum atomic E-state index is -0.179. The van der Waals surface area contributed by atoms with Crippen molar-refractivity contribution in [3.8, 4) is 0 Å². The normalized spacial score (nSPS) is 13.8. The minimum Gasteiger partial charge on any atom is -0.438 e. The molecule has 0 aromatic rings. The van der Waals surface area contributed by atoms with E-state index in [4.69, 9.17) is 9.47 Å². The summed E-state index contributed by atoms with van der Waals surface area (Å²) in [6.45, 7) is 10.7.